The zero-order chi connectivity index (χ0) is 24.6. The smallest absolute Gasteiger partial charge is 0.260 e. The van der Waals surface area contributed by atoms with Crippen molar-refractivity contribution in [3.63, 3.8) is 0 Å². The molecule has 1 saturated heterocycles. The van der Waals surface area contributed by atoms with Crippen LogP contribution in [0.3, 0.4) is 0 Å². The van der Waals surface area contributed by atoms with Crippen LogP contribution in [0, 0.1) is 5.82 Å². The lowest BCUT2D eigenvalue weighted by Gasteiger charge is -2.26. The number of benzene rings is 2. The number of allylic oxidation sites excluding steroid dienone is 1. The first-order valence-electron chi connectivity index (χ1n) is 12.2. The van der Waals surface area contributed by atoms with Gasteiger partial charge in [0.05, 0.1) is 11.3 Å². The maximum Gasteiger partial charge on any atom is 0.260 e. The van der Waals surface area contributed by atoms with Crippen LogP contribution in [0.1, 0.15) is 54.6 Å². The van der Waals surface area contributed by atoms with Gasteiger partial charge in [-0.3, -0.25) is 9.59 Å². The molecule has 0 aliphatic carbocycles. The topological polar surface area (TPSA) is 70.7 Å². The van der Waals surface area contributed by atoms with Gasteiger partial charge in [-0.25, -0.2) is 4.39 Å². The van der Waals surface area contributed by atoms with Crippen molar-refractivity contribution in [2.24, 2.45) is 0 Å². The monoisotopic (exact) mass is 475 g/mol. The number of likely N-dealkylation sites (tertiary alicyclic amines) is 1. The van der Waals surface area contributed by atoms with Gasteiger partial charge in [0.1, 0.15) is 17.2 Å². The molecular weight excluding hydrogens is 445 g/mol. The molecule has 5 rings (SSSR count). The van der Waals surface area contributed by atoms with Crippen molar-refractivity contribution < 1.29 is 18.7 Å². The quantitative estimate of drug-likeness (QED) is 0.621. The van der Waals surface area contributed by atoms with Crippen LogP contribution >= 0.6 is 0 Å². The van der Waals surface area contributed by atoms with Gasteiger partial charge < -0.3 is 20.3 Å². The molecule has 35 heavy (non-hydrogen) atoms. The van der Waals surface area contributed by atoms with Crippen molar-refractivity contribution in [2.75, 3.05) is 31.5 Å². The Morgan fingerprint density at radius 3 is 2.60 bits per heavy atom. The van der Waals surface area contributed by atoms with E-state index in [0.29, 0.717) is 34.7 Å². The highest BCUT2D eigenvalue weighted by atomic mass is 19.1. The molecule has 3 aliphatic rings. The van der Waals surface area contributed by atoms with Crippen LogP contribution in [0.2, 0.25) is 0 Å². The summed E-state index contributed by atoms with van der Waals surface area (Å²) in [6.45, 7) is 7.61. The predicted molar refractivity (Wildman–Crippen MR) is 134 cm³/mol. The van der Waals surface area contributed by atoms with Gasteiger partial charge in [0.15, 0.2) is 0 Å². The number of anilines is 1. The van der Waals surface area contributed by atoms with E-state index in [0.717, 1.165) is 30.8 Å². The summed E-state index contributed by atoms with van der Waals surface area (Å²) in [4.78, 5) is 27.6. The lowest BCUT2D eigenvalue weighted by Crippen LogP contribution is -2.37. The lowest BCUT2D eigenvalue weighted by atomic mass is 9.91. The van der Waals surface area contributed by atoms with E-state index in [1.165, 1.54) is 31.4 Å². The highest BCUT2D eigenvalue weighted by Crippen LogP contribution is 2.44. The van der Waals surface area contributed by atoms with Gasteiger partial charge in [-0.15, -0.1) is 0 Å². The van der Waals surface area contributed by atoms with Crippen LogP contribution in [0.25, 0.3) is 11.1 Å². The first kappa shape index (κ1) is 23.3. The highest BCUT2D eigenvalue weighted by molar-refractivity contribution is 6.32. The lowest BCUT2D eigenvalue weighted by molar-refractivity contribution is -0.111. The molecular formula is C28H30FN3O3. The molecule has 7 heteroatoms. The molecule has 0 spiro atoms. The third-order valence-corrected chi connectivity index (χ3v) is 6.88. The number of hydrogen-bond acceptors (Lipinski definition) is 4. The Kier molecular flexibility index (Phi) is 6.19. The Morgan fingerprint density at radius 2 is 1.86 bits per heavy atom. The largest absolute Gasteiger partial charge is 0.482 e. The van der Waals surface area contributed by atoms with Gasteiger partial charge >= 0.3 is 0 Å². The van der Waals surface area contributed by atoms with E-state index in [-0.39, 0.29) is 11.8 Å². The SMILES string of the molecule is CC1(C)OC(=C2C(=O)Nc3cc(F)ccc32)C=C1c1ccc(C(=O)NCCN2CCCCC2)cc1. The second-order valence-electron chi connectivity index (χ2n) is 9.79. The summed E-state index contributed by atoms with van der Waals surface area (Å²) in [6.07, 6.45) is 5.63. The molecule has 0 aromatic heterocycles. The van der Waals surface area contributed by atoms with Crippen LogP contribution in [-0.4, -0.2) is 48.5 Å². The van der Waals surface area contributed by atoms with Crippen molar-refractivity contribution in [1.82, 2.24) is 10.2 Å². The van der Waals surface area contributed by atoms with Gasteiger partial charge in [-0.2, -0.15) is 0 Å². The van der Waals surface area contributed by atoms with Crippen LogP contribution in [0.15, 0.2) is 54.3 Å². The van der Waals surface area contributed by atoms with E-state index in [4.69, 9.17) is 4.74 Å². The number of fused-ring (bicyclic) bond motifs is 1. The molecule has 3 aliphatic heterocycles. The van der Waals surface area contributed by atoms with Crippen LogP contribution < -0.4 is 10.6 Å². The summed E-state index contributed by atoms with van der Waals surface area (Å²) >= 11 is 0. The summed E-state index contributed by atoms with van der Waals surface area (Å²) in [6, 6.07) is 11.7. The van der Waals surface area contributed by atoms with Crippen molar-refractivity contribution in [2.45, 2.75) is 38.7 Å². The molecule has 0 atom stereocenters. The number of halogens is 1. The molecule has 182 valence electrons. The minimum absolute atomic E-state index is 0.0845. The van der Waals surface area contributed by atoms with Gasteiger partial charge in [0.25, 0.3) is 11.8 Å². The van der Waals surface area contributed by atoms with E-state index in [1.54, 1.807) is 6.07 Å². The number of carbonyl (C=O) groups is 2. The second-order valence-corrected chi connectivity index (χ2v) is 9.79. The number of piperidine rings is 1. The Bertz CT molecular complexity index is 1220. The Labute approximate surface area is 204 Å². The van der Waals surface area contributed by atoms with Crippen molar-refractivity contribution in [3.05, 3.63) is 76.8 Å². The predicted octanol–water partition coefficient (Wildman–Crippen LogP) is 4.60. The maximum absolute atomic E-state index is 13.6. The van der Waals surface area contributed by atoms with Crippen LogP contribution in [0.4, 0.5) is 10.1 Å². The fourth-order valence-electron chi connectivity index (χ4n) is 5.02. The molecule has 0 bridgehead atoms. The normalized spacial score (nSPS) is 21.2. The van der Waals surface area contributed by atoms with Crippen LogP contribution in [-0.2, 0) is 9.53 Å². The average molecular weight is 476 g/mol. The van der Waals surface area contributed by atoms with E-state index < -0.39 is 11.4 Å². The van der Waals surface area contributed by atoms with Crippen molar-refractivity contribution in [1.29, 1.82) is 0 Å². The van der Waals surface area contributed by atoms with Gasteiger partial charge in [0.2, 0.25) is 0 Å². The molecule has 0 radical (unpaired) electrons. The molecule has 1 fully saturated rings. The number of amides is 2. The summed E-state index contributed by atoms with van der Waals surface area (Å²) in [5, 5.41) is 5.73. The standard InChI is InChI=1S/C28H30FN3O3/c1-28(2)22(17-24(35-28)25-21-11-10-20(29)16-23(21)31-27(25)34)18-6-8-19(9-7-18)26(33)30-12-15-32-13-4-3-5-14-32/h6-11,16-17H,3-5,12-15H2,1-2H3,(H,30,33)(H,31,34). The summed E-state index contributed by atoms with van der Waals surface area (Å²) in [5.41, 5.74) is 3.20. The highest BCUT2D eigenvalue weighted by Gasteiger charge is 2.38. The number of rotatable bonds is 5. The molecule has 2 N–H and O–H groups in total. The van der Waals surface area contributed by atoms with E-state index >= 15 is 0 Å². The molecule has 2 aromatic rings. The zero-order valence-corrected chi connectivity index (χ0v) is 20.1. The van der Waals surface area contributed by atoms with Gasteiger partial charge in [0, 0.05) is 29.8 Å². The summed E-state index contributed by atoms with van der Waals surface area (Å²) in [7, 11) is 0. The molecule has 3 heterocycles. The van der Waals surface area contributed by atoms with Crippen LogP contribution in [0.5, 0.6) is 0 Å². The van der Waals surface area contributed by atoms with Crippen molar-refractivity contribution >= 4 is 28.6 Å². The Balaban J connectivity index is 1.32. The summed E-state index contributed by atoms with van der Waals surface area (Å²) in [5.74, 6) is -0.355. The minimum atomic E-state index is -0.677. The first-order valence-corrected chi connectivity index (χ1v) is 12.2. The third kappa shape index (κ3) is 4.73. The zero-order valence-electron chi connectivity index (χ0n) is 20.1. The fraction of sp³-hybridized carbons (Fsp3) is 0.357. The van der Waals surface area contributed by atoms with Gasteiger partial charge in [-0.05, 0) is 81.7 Å². The number of carbonyl (C=O) groups excluding carboxylic acids is 2. The first-order chi connectivity index (χ1) is 16.8. The number of hydrogen-bond donors (Lipinski definition) is 2. The number of ether oxygens (including phenoxy) is 1. The summed E-state index contributed by atoms with van der Waals surface area (Å²) < 4.78 is 19.8. The fourth-order valence-corrected chi connectivity index (χ4v) is 5.02. The molecule has 0 unspecified atom stereocenters. The average Bonchev–Trinajstić information content (AvgIpc) is 3.33. The van der Waals surface area contributed by atoms with E-state index in [2.05, 4.69) is 15.5 Å². The minimum Gasteiger partial charge on any atom is -0.482 e. The molecule has 0 saturated carbocycles. The number of nitrogens with one attached hydrogen (secondary N) is 2. The second kappa shape index (κ2) is 9.30. The van der Waals surface area contributed by atoms with E-state index in [9.17, 15) is 14.0 Å². The molecule has 2 amide bonds. The molecule has 2 aromatic carbocycles. The Morgan fingerprint density at radius 1 is 1.11 bits per heavy atom. The Hall–Kier alpha value is -3.45. The molecule has 6 nitrogen and oxygen atoms in total. The van der Waals surface area contributed by atoms with Crippen molar-refractivity contribution in [3.8, 4) is 0 Å². The maximum atomic E-state index is 13.6. The third-order valence-electron chi connectivity index (χ3n) is 6.88. The van der Waals surface area contributed by atoms with Gasteiger partial charge in [-0.1, -0.05) is 18.6 Å². The number of nitrogens with zero attached hydrogens (tertiary/aromatic N) is 1. The van der Waals surface area contributed by atoms with E-state index in [1.807, 2.05) is 44.2 Å².